The molecule has 1 aromatic rings. The minimum atomic E-state index is -0.955. The van der Waals surface area contributed by atoms with Gasteiger partial charge in [-0.2, -0.15) is 0 Å². The Morgan fingerprint density at radius 3 is 1.93 bits per heavy atom. The summed E-state index contributed by atoms with van der Waals surface area (Å²) >= 11 is 0. The second-order valence-corrected chi connectivity index (χ2v) is 9.27. The second-order valence-electron chi connectivity index (χ2n) is 9.27. The number of unbranched alkanes of at least 4 members (excludes halogenated alkanes) is 4. The van der Waals surface area contributed by atoms with E-state index in [1.54, 1.807) is 13.0 Å². The molecule has 1 rings (SSSR count). The van der Waals surface area contributed by atoms with Gasteiger partial charge in [0, 0.05) is 6.54 Å². The van der Waals surface area contributed by atoms with Crippen LogP contribution in [0.4, 0.5) is 14.4 Å². The summed E-state index contributed by atoms with van der Waals surface area (Å²) in [5.74, 6) is -0.676. The molecular weight excluding hydrogens is 538 g/mol. The molecule has 0 spiro atoms. The molecule has 1 unspecified atom stereocenters. The van der Waals surface area contributed by atoms with Crippen LogP contribution in [0.3, 0.4) is 0 Å². The Morgan fingerprint density at radius 1 is 0.780 bits per heavy atom. The summed E-state index contributed by atoms with van der Waals surface area (Å²) in [6.45, 7) is 8.19. The Kier molecular flexibility index (Phi) is 18.4. The Morgan fingerprint density at radius 2 is 1.37 bits per heavy atom. The average Bonchev–Trinajstić information content (AvgIpc) is 2.95. The van der Waals surface area contributed by atoms with Crippen molar-refractivity contribution in [1.82, 2.24) is 5.32 Å². The van der Waals surface area contributed by atoms with E-state index in [4.69, 9.17) is 33.2 Å². The van der Waals surface area contributed by atoms with E-state index in [1.165, 1.54) is 19.2 Å². The number of ether oxygens (including phenoxy) is 7. The fourth-order valence-corrected chi connectivity index (χ4v) is 3.36. The summed E-state index contributed by atoms with van der Waals surface area (Å²) in [5.41, 5.74) is 0.558. The molecule has 232 valence electrons. The molecule has 0 aliphatic rings. The highest BCUT2D eigenvalue weighted by molar-refractivity contribution is 5.76. The SMILES string of the molecule is CCCCCOC(=O)Oc1ccc(C[C@H](NCCOC(=O)OC(C)CC)C(=O)OC)cc1OC(=O)OCCCCC. The molecule has 0 amide bonds. The summed E-state index contributed by atoms with van der Waals surface area (Å²) in [7, 11) is 1.25. The molecule has 0 heterocycles. The van der Waals surface area contributed by atoms with Crippen molar-refractivity contribution < 1.29 is 52.3 Å². The topological polar surface area (TPSA) is 145 Å². The minimum absolute atomic E-state index is 0.0336. The van der Waals surface area contributed by atoms with Crippen LogP contribution in [0.15, 0.2) is 18.2 Å². The van der Waals surface area contributed by atoms with Crippen molar-refractivity contribution in [2.75, 3.05) is 33.5 Å². The van der Waals surface area contributed by atoms with Gasteiger partial charge in [0.1, 0.15) is 18.8 Å². The molecule has 0 radical (unpaired) electrons. The smallest absolute Gasteiger partial charge is 0.468 e. The molecule has 0 saturated heterocycles. The number of rotatable bonds is 19. The number of hydrogen-bond acceptors (Lipinski definition) is 12. The maximum Gasteiger partial charge on any atom is 0.513 e. The molecule has 1 aromatic carbocycles. The molecule has 0 fully saturated rings. The van der Waals surface area contributed by atoms with Gasteiger partial charge in [-0.05, 0) is 50.3 Å². The number of carbonyl (C=O) groups excluding carboxylic acids is 4. The Labute approximate surface area is 242 Å². The summed E-state index contributed by atoms with van der Waals surface area (Å²) in [6, 6.07) is 3.69. The first-order valence-corrected chi connectivity index (χ1v) is 14.2. The van der Waals surface area contributed by atoms with E-state index in [0.29, 0.717) is 24.8 Å². The van der Waals surface area contributed by atoms with E-state index in [0.717, 1.165) is 25.7 Å². The molecule has 1 N–H and O–H groups in total. The molecule has 0 aliphatic carbocycles. The monoisotopic (exact) mass is 583 g/mol. The van der Waals surface area contributed by atoms with Crippen molar-refractivity contribution in [3.8, 4) is 11.5 Å². The van der Waals surface area contributed by atoms with Gasteiger partial charge in [0.2, 0.25) is 0 Å². The van der Waals surface area contributed by atoms with Gasteiger partial charge in [0.05, 0.1) is 20.3 Å². The normalized spacial score (nSPS) is 12.0. The first-order chi connectivity index (χ1) is 19.7. The van der Waals surface area contributed by atoms with E-state index in [-0.39, 0.29) is 50.4 Å². The lowest BCUT2D eigenvalue weighted by molar-refractivity contribution is -0.143. The Hall–Kier alpha value is -3.54. The van der Waals surface area contributed by atoms with Crippen LogP contribution in [0.25, 0.3) is 0 Å². The maximum atomic E-state index is 12.4. The van der Waals surface area contributed by atoms with Crippen molar-refractivity contribution in [2.24, 2.45) is 0 Å². The van der Waals surface area contributed by atoms with Crippen molar-refractivity contribution >= 4 is 24.4 Å². The van der Waals surface area contributed by atoms with Crippen LogP contribution < -0.4 is 14.8 Å². The lowest BCUT2D eigenvalue weighted by atomic mass is 10.1. The Balaban J connectivity index is 2.92. The van der Waals surface area contributed by atoms with E-state index >= 15 is 0 Å². The molecule has 2 atom stereocenters. The van der Waals surface area contributed by atoms with Crippen LogP contribution in [-0.2, 0) is 34.9 Å². The van der Waals surface area contributed by atoms with Gasteiger partial charge >= 0.3 is 24.4 Å². The van der Waals surface area contributed by atoms with Crippen LogP contribution >= 0.6 is 0 Å². The fraction of sp³-hybridized carbons (Fsp3) is 0.655. The summed E-state index contributed by atoms with van der Waals surface area (Å²) in [6.07, 6.45) is 2.94. The summed E-state index contributed by atoms with van der Waals surface area (Å²) in [5, 5.41) is 2.98. The number of benzene rings is 1. The van der Waals surface area contributed by atoms with Crippen LogP contribution in [0.2, 0.25) is 0 Å². The van der Waals surface area contributed by atoms with Crippen LogP contribution in [0, 0.1) is 0 Å². The highest BCUT2D eigenvalue weighted by Gasteiger charge is 2.22. The number of carbonyl (C=O) groups is 4. The minimum Gasteiger partial charge on any atom is -0.468 e. The first kappa shape index (κ1) is 35.5. The van der Waals surface area contributed by atoms with Gasteiger partial charge in [-0.25, -0.2) is 14.4 Å². The molecule has 0 saturated carbocycles. The zero-order valence-electron chi connectivity index (χ0n) is 24.9. The summed E-state index contributed by atoms with van der Waals surface area (Å²) in [4.78, 5) is 48.6. The van der Waals surface area contributed by atoms with Crippen molar-refractivity contribution in [2.45, 2.75) is 91.2 Å². The van der Waals surface area contributed by atoms with Crippen molar-refractivity contribution in [3.05, 3.63) is 23.8 Å². The molecular formula is C29H45NO11. The van der Waals surface area contributed by atoms with Crippen LogP contribution in [0.5, 0.6) is 11.5 Å². The van der Waals surface area contributed by atoms with Gasteiger partial charge in [0.15, 0.2) is 11.5 Å². The first-order valence-electron chi connectivity index (χ1n) is 14.2. The molecule has 0 aromatic heterocycles. The molecule has 0 aliphatic heterocycles. The lowest BCUT2D eigenvalue weighted by Gasteiger charge is -2.18. The zero-order valence-corrected chi connectivity index (χ0v) is 24.9. The van der Waals surface area contributed by atoms with Gasteiger partial charge in [-0.3, -0.25) is 4.79 Å². The fourth-order valence-electron chi connectivity index (χ4n) is 3.36. The molecule has 41 heavy (non-hydrogen) atoms. The third-order valence-corrected chi connectivity index (χ3v) is 5.84. The highest BCUT2D eigenvalue weighted by Crippen LogP contribution is 2.30. The lowest BCUT2D eigenvalue weighted by Crippen LogP contribution is -2.41. The van der Waals surface area contributed by atoms with Gasteiger partial charge < -0.3 is 38.5 Å². The maximum absolute atomic E-state index is 12.4. The third-order valence-electron chi connectivity index (χ3n) is 5.84. The molecule has 12 nitrogen and oxygen atoms in total. The molecule has 0 bridgehead atoms. The zero-order chi connectivity index (χ0) is 30.5. The van der Waals surface area contributed by atoms with Crippen LogP contribution in [0.1, 0.15) is 78.2 Å². The standard InChI is InChI=1S/C29H45NO11/c1-6-9-11-16-36-28(33)40-24-14-13-22(20-25(24)41-29(34)37-17-12-10-7-2)19-23(26(31)35-5)30-15-18-38-27(32)39-21(4)8-3/h13-14,20-21,23,30H,6-12,15-19H2,1-5H3/t21?,23-/m0/s1. The predicted molar refractivity (Wildman–Crippen MR) is 149 cm³/mol. The highest BCUT2D eigenvalue weighted by atomic mass is 16.7. The number of esters is 1. The van der Waals surface area contributed by atoms with E-state index in [1.807, 2.05) is 20.8 Å². The number of methoxy groups -OCH3 is 1. The summed E-state index contributed by atoms with van der Waals surface area (Å²) < 4.78 is 35.8. The van der Waals surface area contributed by atoms with Gasteiger partial charge in [-0.15, -0.1) is 0 Å². The number of hydrogen-bond donors (Lipinski definition) is 1. The van der Waals surface area contributed by atoms with E-state index in [9.17, 15) is 19.2 Å². The predicted octanol–water partition coefficient (Wildman–Crippen LogP) is 5.72. The number of nitrogens with one attached hydrogen (secondary N) is 1. The third kappa shape index (κ3) is 15.7. The quantitative estimate of drug-likeness (QED) is 0.0919. The molecule has 12 heteroatoms. The van der Waals surface area contributed by atoms with Gasteiger partial charge in [-0.1, -0.05) is 52.5 Å². The van der Waals surface area contributed by atoms with Gasteiger partial charge in [0.25, 0.3) is 0 Å². The van der Waals surface area contributed by atoms with E-state index < -0.39 is 30.5 Å². The largest absolute Gasteiger partial charge is 0.513 e. The Bertz CT molecular complexity index is 937. The van der Waals surface area contributed by atoms with Crippen molar-refractivity contribution in [3.63, 3.8) is 0 Å². The van der Waals surface area contributed by atoms with Crippen LogP contribution in [-0.4, -0.2) is 70.1 Å². The second kappa shape index (κ2) is 21.2. The van der Waals surface area contributed by atoms with Crippen molar-refractivity contribution in [1.29, 1.82) is 0 Å². The van der Waals surface area contributed by atoms with E-state index in [2.05, 4.69) is 5.32 Å². The average molecular weight is 584 g/mol.